The van der Waals surface area contributed by atoms with Crippen molar-refractivity contribution >= 4 is 21.8 Å². The maximum absolute atomic E-state index is 11.5. The Labute approximate surface area is 88.0 Å². The summed E-state index contributed by atoms with van der Waals surface area (Å²) in [5.41, 5.74) is -0.595. The predicted molar refractivity (Wildman–Crippen MR) is 56.9 cm³/mol. The molecule has 1 amide bonds. The number of halogens is 1. The quantitative estimate of drug-likeness (QED) is 0.746. The summed E-state index contributed by atoms with van der Waals surface area (Å²) in [6, 6.07) is 0. The number of aliphatic hydroxyl groups excluding tert-OH is 1. The number of alkyl halides is 1. The van der Waals surface area contributed by atoms with Crippen LogP contribution in [-0.4, -0.2) is 27.0 Å². The Bertz CT molecular complexity index is 194. The summed E-state index contributed by atoms with van der Waals surface area (Å²) in [5, 5.41) is 12.1. The van der Waals surface area contributed by atoms with E-state index in [-0.39, 0.29) is 5.91 Å². The molecule has 0 aromatic rings. The lowest BCUT2D eigenvalue weighted by Gasteiger charge is -2.32. The number of aliphatic hydroxyl groups is 1. The molecule has 0 saturated carbocycles. The van der Waals surface area contributed by atoms with Crippen molar-refractivity contribution in [3.8, 4) is 0 Å². The lowest BCUT2D eigenvalue weighted by molar-refractivity contribution is -0.125. The van der Waals surface area contributed by atoms with E-state index < -0.39 is 16.0 Å². The Morgan fingerprint density at radius 2 is 1.77 bits per heavy atom. The molecule has 3 nitrogen and oxygen atoms in total. The molecule has 78 valence electrons. The highest BCUT2D eigenvalue weighted by Gasteiger charge is 2.32. The highest BCUT2D eigenvalue weighted by molar-refractivity contribution is 9.10. The van der Waals surface area contributed by atoms with Crippen LogP contribution in [-0.2, 0) is 4.79 Å². The second kappa shape index (κ2) is 3.96. The van der Waals surface area contributed by atoms with E-state index in [0.29, 0.717) is 0 Å². The zero-order valence-electron chi connectivity index (χ0n) is 8.81. The van der Waals surface area contributed by atoms with Crippen molar-refractivity contribution in [1.82, 2.24) is 5.32 Å². The van der Waals surface area contributed by atoms with Gasteiger partial charge in [-0.15, -0.1) is 0 Å². The number of nitrogens with one attached hydrogen (secondary N) is 1. The van der Waals surface area contributed by atoms with Crippen molar-refractivity contribution in [2.24, 2.45) is 0 Å². The van der Waals surface area contributed by atoms with E-state index in [2.05, 4.69) is 21.2 Å². The van der Waals surface area contributed by atoms with Crippen LogP contribution in [0, 0.1) is 0 Å². The molecule has 13 heavy (non-hydrogen) atoms. The maximum atomic E-state index is 11.5. The first kappa shape index (κ1) is 12.9. The summed E-state index contributed by atoms with van der Waals surface area (Å²) in [7, 11) is 0. The van der Waals surface area contributed by atoms with Crippen LogP contribution in [0.1, 0.15) is 34.6 Å². The van der Waals surface area contributed by atoms with Gasteiger partial charge in [-0.2, -0.15) is 0 Å². The summed E-state index contributed by atoms with van der Waals surface area (Å²) < 4.78 is -0.598. The van der Waals surface area contributed by atoms with E-state index in [9.17, 15) is 9.90 Å². The smallest absolute Gasteiger partial charge is 0.236 e. The monoisotopic (exact) mass is 251 g/mol. The fourth-order valence-electron chi connectivity index (χ4n) is 0.546. The third-order valence-corrected chi connectivity index (χ3v) is 2.38. The van der Waals surface area contributed by atoms with Crippen LogP contribution < -0.4 is 5.32 Å². The van der Waals surface area contributed by atoms with Gasteiger partial charge in [-0.25, -0.2) is 0 Å². The second-order valence-corrected chi connectivity index (χ2v) is 6.31. The Balaban J connectivity index is 4.38. The minimum atomic E-state index is -0.598. The molecule has 2 N–H and O–H groups in total. The molecule has 0 bridgehead atoms. The second-order valence-electron chi connectivity index (χ2n) is 4.32. The predicted octanol–water partition coefficient (Wildman–Crippen LogP) is 1.44. The number of hydrogen-bond donors (Lipinski definition) is 2. The molecule has 0 aromatic carbocycles. The van der Waals surface area contributed by atoms with Crippen molar-refractivity contribution in [3.63, 3.8) is 0 Å². The molecule has 1 unspecified atom stereocenters. The fraction of sp³-hybridized carbons (Fsp3) is 0.889. The molecule has 0 aliphatic rings. The summed E-state index contributed by atoms with van der Waals surface area (Å²) in [4.78, 5) is 11.5. The van der Waals surface area contributed by atoms with Crippen LogP contribution >= 0.6 is 15.9 Å². The largest absolute Gasteiger partial charge is 0.391 e. The normalized spacial score (nSPS) is 15.3. The van der Waals surface area contributed by atoms with Gasteiger partial charge < -0.3 is 10.4 Å². The van der Waals surface area contributed by atoms with Crippen LogP contribution in [0.25, 0.3) is 0 Å². The van der Waals surface area contributed by atoms with Gasteiger partial charge in [0.1, 0.15) is 0 Å². The van der Waals surface area contributed by atoms with Crippen molar-refractivity contribution in [1.29, 1.82) is 0 Å². The zero-order chi connectivity index (χ0) is 10.9. The van der Waals surface area contributed by atoms with Gasteiger partial charge >= 0.3 is 0 Å². The molecule has 0 rings (SSSR count). The van der Waals surface area contributed by atoms with Crippen LogP contribution in [0.15, 0.2) is 0 Å². The zero-order valence-corrected chi connectivity index (χ0v) is 10.4. The number of hydrogen-bond acceptors (Lipinski definition) is 2. The standard InChI is InChI=1S/C9H18BrNO2/c1-6(12)9(4,5)11-7(13)8(2,3)10/h6,12H,1-5H3,(H,11,13). The van der Waals surface area contributed by atoms with E-state index in [1.807, 2.05) is 0 Å². The highest BCUT2D eigenvalue weighted by atomic mass is 79.9. The Kier molecular flexibility index (Phi) is 3.94. The summed E-state index contributed by atoms with van der Waals surface area (Å²) in [6.45, 7) is 8.75. The van der Waals surface area contributed by atoms with Gasteiger partial charge in [-0.1, -0.05) is 15.9 Å². The van der Waals surface area contributed by atoms with Crippen LogP contribution in [0.3, 0.4) is 0 Å². The van der Waals surface area contributed by atoms with Crippen LogP contribution in [0.4, 0.5) is 0 Å². The molecule has 0 aliphatic carbocycles. The average molecular weight is 252 g/mol. The van der Waals surface area contributed by atoms with E-state index in [0.717, 1.165) is 0 Å². The number of rotatable bonds is 3. The van der Waals surface area contributed by atoms with Gasteiger partial charge in [0.2, 0.25) is 5.91 Å². The molecule has 0 aromatic heterocycles. The van der Waals surface area contributed by atoms with E-state index >= 15 is 0 Å². The molecular formula is C9H18BrNO2. The highest BCUT2D eigenvalue weighted by Crippen LogP contribution is 2.18. The van der Waals surface area contributed by atoms with Gasteiger partial charge in [-0.3, -0.25) is 4.79 Å². The summed E-state index contributed by atoms with van der Waals surface area (Å²) in [6.07, 6.45) is -0.578. The summed E-state index contributed by atoms with van der Waals surface area (Å²) >= 11 is 3.25. The molecule has 0 fully saturated rings. The van der Waals surface area contributed by atoms with Gasteiger partial charge in [0.25, 0.3) is 0 Å². The molecule has 1 atom stereocenters. The van der Waals surface area contributed by atoms with E-state index in [4.69, 9.17) is 0 Å². The maximum Gasteiger partial charge on any atom is 0.236 e. The Morgan fingerprint density at radius 3 is 2.00 bits per heavy atom. The minimum absolute atomic E-state index is 0.126. The first-order valence-electron chi connectivity index (χ1n) is 4.27. The fourth-order valence-corrected chi connectivity index (χ4v) is 0.645. The Morgan fingerprint density at radius 1 is 1.38 bits per heavy atom. The van der Waals surface area contributed by atoms with E-state index in [1.54, 1.807) is 34.6 Å². The van der Waals surface area contributed by atoms with E-state index in [1.165, 1.54) is 0 Å². The SMILES string of the molecule is CC(O)C(C)(C)NC(=O)C(C)(C)Br. The lowest BCUT2D eigenvalue weighted by atomic mass is 9.98. The first-order valence-corrected chi connectivity index (χ1v) is 5.06. The molecule has 0 saturated heterocycles. The van der Waals surface area contributed by atoms with Crippen LogP contribution in [0.2, 0.25) is 0 Å². The topological polar surface area (TPSA) is 49.3 Å². The molecule has 0 aliphatic heterocycles. The van der Waals surface area contributed by atoms with Crippen LogP contribution in [0.5, 0.6) is 0 Å². The van der Waals surface area contributed by atoms with Crippen molar-refractivity contribution in [3.05, 3.63) is 0 Å². The summed E-state index contributed by atoms with van der Waals surface area (Å²) in [5.74, 6) is -0.126. The third-order valence-electron chi connectivity index (χ3n) is 2.02. The number of carbonyl (C=O) groups is 1. The first-order chi connectivity index (χ1) is 5.57. The van der Waals surface area contributed by atoms with Gasteiger partial charge in [0.05, 0.1) is 16.0 Å². The van der Waals surface area contributed by atoms with Gasteiger partial charge in [0.15, 0.2) is 0 Å². The Hall–Kier alpha value is -0.0900. The molecule has 0 radical (unpaired) electrons. The lowest BCUT2D eigenvalue weighted by Crippen LogP contribution is -2.54. The molecule has 0 spiro atoms. The van der Waals surface area contributed by atoms with Gasteiger partial charge in [-0.05, 0) is 34.6 Å². The van der Waals surface area contributed by atoms with Crippen molar-refractivity contribution in [2.75, 3.05) is 0 Å². The van der Waals surface area contributed by atoms with Crippen molar-refractivity contribution < 1.29 is 9.90 Å². The molecular weight excluding hydrogens is 234 g/mol. The van der Waals surface area contributed by atoms with Crippen molar-refractivity contribution in [2.45, 2.75) is 50.6 Å². The number of amides is 1. The number of carbonyl (C=O) groups excluding carboxylic acids is 1. The van der Waals surface area contributed by atoms with Gasteiger partial charge in [0, 0.05) is 0 Å². The average Bonchev–Trinajstić information content (AvgIpc) is 1.83. The molecule has 4 heteroatoms. The molecule has 0 heterocycles. The third kappa shape index (κ3) is 4.09. The minimum Gasteiger partial charge on any atom is -0.391 e.